The fourth-order valence-corrected chi connectivity index (χ4v) is 6.62. The smallest absolute Gasteiger partial charge is 0.259 e. The van der Waals surface area contributed by atoms with Gasteiger partial charge in [-0.25, -0.2) is 0 Å². The van der Waals surface area contributed by atoms with Crippen molar-refractivity contribution in [2.75, 3.05) is 0 Å². The predicted octanol–water partition coefficient (Wildman–Crippen LogP) is 8.45. The van der Waals surface area contributed by atoms with Gasteiger partial charge in [-0.2, -0.15) is 0 Å². The summed E-state index contributed by atoms with van der Waals surface area (Å²) >= 11 is 7.79. The number of halogens is 1. The second-order valence-corrected chi connectivity index (χ2v) is 11.1. The van der Waals surface area contributed by atoms with Gasteiger partial charge in [0.2, 0.25) is 0 Å². The fraction of sp³-hybridized carbons (Fsp3) is 0.121. The van der Waals surface area contributed by atoms with Crippen LogP contribution in [0.25, 0.3) is 26.8 Å². The maximum Gasteiger partial charge on any atom is 0.259 e. The van der Waals surface area contributed by atoms with Gasteiger partial charge < -0.3 is 10.0 Å². The zero-order valence-electron chi connectivity index (χ0n) is 20.9. The molecule has 0 aliphatic carbocycles. The normalized spacial score (nSPS) is 15.6. The van der Waals surface area contributed by atoms with Crippen LogP contribution in [-0.2, 0) is 17.8 Å². The Morgan fingerprint density at radius 3 is 2.21 bits per heavy atom. The number of hydrogen-bond donors (Lipinski definition) is 1. The quantitative estimate of drug-likeness (QED) is 0.237. The summed E-state index contributed by atoms with van der Waals surface area (Å²) in [6.45, 7) is 2.41. The maximum atomic E-state index is 14.0. The SMILES string of the molecule is Cc1c(C2=C(O)[C@H](Cc3ccccc3)N(Cc3ccc(-c4ccccc4)cc3)C2=O)sc2ccc(Cl)cc12. The molecule has 0 bridgehead atoms. The Morgan fingerprint density at radius 1 is 0.842 bits per heavy atom. The van der Waals surface area contributed by atoms with Crippen LogP contribution >= 0.6 is 22.9 Å². The number of fused-ring (bicyclic) bond motifs is 1. The van der Waals surface area contributed by atoms with E-state index in [1.54, 1.807) is 0 Å². The molecule has 5 aromatic rings. The highest BCUT2D eigenvalue weighted by Crippen LogP contribution is 2.42. The zero-order valence-corrected chi connectivity index (χ0v) is 22.5. The molecule has 1 aliphatic heterocycles. The van der Waals surface area contributed by atoms with Gasteiger partial charge in [0.1, 0.15) is 5.76 Å². The van der Waals surface area contributed by atoms with Crippen LogP contribution in [0.2, 0.25) is 5.02 Å². The first kappa shape index (κ1) is 24.5. The molecule has 1 aliphatic rings. The lowest BCUT2D eigenvalue weighted by Gasteiger charge is -2.26. The summed E-state index contributed by atoms with van der Waals surface area (Å²) in [5.74, 6) is -0.00293. The summed E-state index contributed by atoms with van der Waals surface area (Å²) in [7, 11) is 0. The monoisotopic (exact) mass is 535 g/mol. The first-order valence-electron chi connectivity index (χ1n) is 12.6. The van der Waals surface area contributed by atoms with E-state index in [9.17, 15) is 9.90 Å². The molecule has 0 radical (unpaired) electrons. The Bertz CT molecular complexity index is 1660. The van der Waals surface area contributed by atoms with Crippen molar-refractivity contribution in [3.63, 3.8) is 0 Å². The van der Waals surface area contributed by atoms with Gasteiger partial charge >= 0.3 is 0 Å². The highest BCUT2D eigenvalue weighted by atomic mass is 35.5. The molecule has 1 amide bonds. The van der Waals surface area contributed by atoms with Crippen molar-refractivity contribution in [2.45, 2.75) is 25.9 Å². The molecule has 5 heteroatoms. The van der Waals surface area contributed by atoms with Gasteiger partial charge in [-0.3, -0.25) is 4.79 Å². The van der Waals surface area contributed by atoms with Crippen LogP contribution in [0.3, 0.4) is 0 Å². The van der Waals surface area contributed by atoms with Crippen molar-refractivity contribution in [3.05, 3.63) is 135 Å². The average Bonchev–Trinajstić information content (AvgIpc) is 3.37. The molecule has 0 saturated heterocycles. The third-order valence-electron chi connectivity index (χ3n) is 7.23. The van der Waals surface area contributed by atoms with Crippen LogP contribution in [-0.4, -0.2) is 22.0 Å². The molecular weight excluding hydrogens is 510 g/mol. The number of aliphatic hydroxyl groups excluding tert-OH is 1. The maximum absolute atomic E-state index is 14.0. The molecular formula is C33H26ClNO2S. The van der Waals surface area contributed by atoms with Crippen molar-refractivity contribution in [1.82, 2.24) is 4.90 Å². The Labute approximate surface area is 231 Å². The summed E-state index contributed by atoms with van der Waals surface area (Å²) in [5.41, 5.74) is 5.74. The molecule has 1 N–H and O–H groups in total. The number of aryl methyl sites for hydroxylation is 1. The number of carbonyl (C=O) groups excluding carboxylic acids is 1. The second-order valence-electron chi connectivity index (χ2n) is 9.66. The first-order valence-corrected chi connectivity index (χ1v) is 13.8. The first-order chi connectivity index (χ1) is 18.5. The van der Waals surface area contributed by atoms with Crippen LogP contribution in [0.15, 0.2) is 109 Å². The van der Waals surface area contributed by atoms with Gasteiger partial charge in [-0.1, -0.05) is 96.5 Å². The largest absolute Gasteiger partial charge is 0.509 e. The number of hydrogen-bond acceptors (Lipinski definition) is 3. The van der Waals surface area contributed by atoms with E-state index in [-0.39, 0.29) is 11.7 Å². The third-order valence-corrected chi connectivity index (χ3v) is 8.76. The average molecular weight is 536 g/mol. The summed E-state index contributed by atoms with van der Waals surface area (Å²) in [6.07, 6.45) is 0.541. The summed E-state index contributed by atoms with van der Waals surface area (Å²) < 4.78 is 1.05. The van der Waals surface area contributed by atoms with Crippen LogP contribution in [0.1, 0.15) is 21.6 Å². The molecule has 0 spiro atoms. The van der Waals surface area contributed by atoms with Gasteiger partial charge in [0.25, 0.3) is 5.91 Å². The molecule has 1 atom stereocenters. The van der Waals surface area contributed by atoms with Crippen molar-refractivity contribution < 1.29 is 9.90 Å². The second kappa shape index (κ2) is 10.1. The number of carbonyl (C=O) groups is 1. The van der Waals surface area contributed by atoms with Gasteiger partial charge in [0.05, 0.1) is 11.6 Å². The minimum absolute atomic E-state index is 0.139. The number of rotatable bonds is 6. The lowest BCUT2D eigenvalue weighted by Crippen LogP contribution is -2.36. The van der Waals surface area contributed by atoms with E-state index >= 15 is 0 Å². The van der Waals surface area contributed by atoms with Crippen LogP contribution in [0, 0.1) is 6.92 Å². The van der Waals surface area contributed by atoms with E-state index in [0.29, 0.717) is 23.6 Å². The Hall–Kier alpha value is -3.86. The van der Waals surface area contributed by atoms with Gasteiger partial charge in [0, 0.05) is 27.6 Å². The number of nitrogens with zero attached hydrogens (tertiary/aromatic N) is 1. The number of thiophene rings is 1. The van der Waals surface area contributed by atoms with Gasteiger partial charge in [-0.05, 0) is 58.3 Å². The molecule has 38 heavy (non-hydrogen) atoms. The summed E-state index contributed by atoms with van der Waals surface area (Å²) in [4.78, 5) is 16.6. The molecule has 0 saturated carbocycles. The molecule has 6 rings (SSSR count). The summed E-state index contributed by atoms with van der Waals surface area (Å²) in [5, 5.41) is 13.2. The van der Waals surface area contributed by atoms with Crippen LogP contribution < -0.4 is 0 Å². The minimum Gasteiger partial charge on any atom is -0.509 e. The van der Waals surface area contributed by atoms with E-state index in [2.05, 4.69) is 36.4 Å². The van der Waals surface area contributed by atoms with Crippen molar-refractivity contribution in [1.29, 1.82) is 0 Å². The van der Waals surface area contributed by atoms with Crippen molar-refractivity contribution in [2.24, 2.45) is 0 Å². The van der Waals surface area contributed by atoms with E-state index in [1.165, 1.54) is 11.3 Å². The molecule has 4 aromatic carbocycles. The van der Waals surface area contributed by atoms with Gasteiger partial charge in [-0.15, -0.1) is 11.3 Å². The third kappa shape index (κ3) is 4.51. The fourth-order valence-electron chi connectivity index (χ4n) is 5.21. The molecule has 2 heterocycles. The van der Waals surface area contributed by atoms with E-state index in [0.717, 1.165) is 42.8 Å². The molecule has 0 fully saturated rings. The number of aliphatic hydroxyl groups is 1. The molecule has 188 valence electrons. The van der Waals surface area contributed by atoms with Crippen molar-refractivity contribution in [3.8, 4) is 11.1 Å². The molecule has 1 aromatic heterocycles. The Balaban J connectivity index is 1.37. The van der Waals surface area contributed by atoms with E-state index < -0.39 is 6.04 Å². The lowest BCUT2D eigenvalue weighted by molar-refractivity contribution is -0.126. The van der Waals surface area contributed by atoms with Gasteiger partial charge in [0.15, 0.2) is 0 Å². The highest BCUT2D eigenvalue weighted by molar-refractivity contribution is 7.20. The van der Waals surface area contributed by atoms with E-state index in [4.69, 9.17) is 11.6 Å². The Morgan fingerprint density at radius 2 is 1.50 bits per heavy atom. The van der Waals surface area contributed by atoms with Crippen LogP contribution in [0.4, 0.5) is 0 Å². The predicted molar refractivity (Wildman–Crippen MR) is 157 cm³/mol. The number of amides is 1. The minimum atomic E-state index is -0.443. The molecule has 0 unspecified atom stereocenters. The Kier molecular flexibility index (Phi) is 6.52. The van der Waals surface area contributed by atoms with Crippen molar-refractivity contribution >= 4 is 44.5 Å². The highest BCUT2D eigenvalue weighted by Gasteiger charge is 2.41. The van der Waals surface area contributed by atoms with E-state index in [1.807, 2.05) is 78.6 Å². The zero-order chi connectivity index (χ0) is 26.2. The summed E-state index contributed by atoms with van der Waals surface area (Å²) in [6, 6.07) is 33.9. The standard InChI is InChI=1S/C33H26ClNO2S/c1-21-27-19-26(34)16-17-29(27)38-32(21)30-31(36)28(18-22-8-4-2-5-9-22)35(33(30)37)20-23-12-14-25(15-13-23)24-10-6-3-7-11-24/h2-17,19,28,36H,18,20H2,1H3/t28-/m0/s1. The van der Waals surface area contributed by atoms with Crippen LogP contribution in [0.5, 0.6) is 0 Å². The molecule has 3 nitrogen and oxygen atoms in total. The topological polar surface area (TPSA) is 40.5 Å². The lowest BCUT2D eigenvalue weighted by atomic mass is 10.0. The number of benzene rings is 4.